The Morgan fingerprint density at radius 1 is 1.64 bits per heavy atom. The van der Waals surface area contributed by atoms with Gasteiger partial charge in [0.05, 0.1) is 29.4 Å². The van der Waals surface area contributed by atoms with Crippen molar-refractivity contribution in [3.05, 3.63) is 34.7 Å². The van der Waals surface area contributed by atoms with E-state index in [4.69, 9.17) is 16.9 Å². The van der Waals surface area contributed by atoms with Gasteiger partial charge in [0.1, 0.15) is 5.65 Å². The zero-order chi connectivity index (χ0) is 10.1. The minimum absolute atomic E-state index is 0.348. The van der Waals surface area contributed by atoms with Crippen LogP contribution in [0.1, 0.15) is 11.3 Å². The summed E-state index contributed by atoms with van der Waals surface area (Å²) in [6.45, 7) is 1.95. The lowest BCUT2D eigenvalue weighted by molar-refractivity contribution is 1.05. The standard InChI is InChI=1S/C10H8ClN3/c1-7-4-8(11)6-14-9(2-3-12)5-13-10(7)14/h4-6H,2H2,1H3. The number of aromatic nitrogens is 2. The number of rotatable bonds is 1. The van der Waals surface area contributed by atoms with Crippen molar-refractivity contribution in [2.24, 2.45) is 0 Å². The molecule has 2 aromatic rings. The summed E-state index contributed by atoms with van der Waals surface area (Å²) >= 11 is 5.92. The Labute approximate surface area is 86.6 Å². The van der Waals surface area contributed by atoms with Crippen LogP contribution in [0.2, 0.25) is 5.02 Å². The van der Waals surface area contributed by atoms with E-state index in [1.807, 2.05) is 17.4 Å². The van der Waals surface area contributed by atoms with Crippen molar-refractivity contribution in [2.45, 2.75) is 13.3 Å². The number of nitriles is 1. The van der Waals surface area contributed by atoms with Crippen LogP contribution in [0.25, 0.3) is 5.65 Å². The van der Waals surface area contributed by atoms with Crippen LogP contribution in [-0.4, -0.2) is 9.38 Å². The van der Waals surface area contributed by atoms with Crippen molar-refractivity contribution >= 4 is 17.2 Å². The van der Waals surface area contributed by atoms with Crippen molar-refractivity contribution in [1.29, 1.82) is 5.26 Å². The molecule has 0 N–H and O–H groups in total. The zero-order valence-corrected chi connectivity index (χ0v) is 8.41. The van der Waals surface area contributed by atoms with Gasteiger partial charge < -0.3 is 4.40 Å². The van der Waals surface area contributed by atoms with E-state index in [2.05, 4.69) is 11.1 Å². The predicted molar refractivity (Wildman–Crippen MR) is 54.3 cm³/mol. The molecule has 0 spiro atoms. The van der Waals surface area contributed by atoms with Crippen molar-refractivity contribution in [3.8, 4) is 6.07 Å². The average molecular weight is 206 g/mol. The Morgan fingerprint density at radius 2 is 2.43 bits per heavy atom. The normalized spacial score (nSPS) is 10.4. The van der Waals surface area contributed by atoms with Crippen LogP contribution in [-0.2, 0) is 6.42 Å². The van der Waals surface area contributed by atoms with Gasteiger partial charge in [-0.25, -0.2) is 4.98 Å². The van der Waals surface area contributed by atoms with E-state index in [0.717, 1.165) is 16.9 Å². The lowest BCUT2D eigenvalue weighted by Gasteiger charge is -2.01. The largest absolute Gasteiger partial charge is 0.301 e. The minimum Gasteiger partial charge on any atom is -0.301 e. The molecular weight excluding hydrogens is 198 g/mol. The summed E-state index contributed by atoms with van der Waals surface area (Å²) in [5.74, 6) is 0. The van der Waals surface area contributed by atoms with Gasteiger partial charge in [-0.2, -0.15) is 5.26 Å². The second kappa shape index (κ2) is 3.32. The summed E-state index contributed by atoms with van der Waals surface area (Å²) < 4.78 is 1.86. The molecule has 0 unspecified atom stereocenters. The van der Waals surface area contributed by atoms with Crippen molar-refractivity contribution in [3.63, 3.8) is 0 Å². The summed E-state index contributed by atoms with van der Waals surface area (Å²) in [5.41, 5.74) is 2.74. The molecule has 2 heterocycles. The van der Waals surface area contributed by atoms with Gasteiger partial charge in [-0.3, -0.25) is 0 Å². The van der Waals surface area contributed by atoms with E-state index < -0.39 is 0 Å². The monoisotopic (exact) mass is 205 g/mol. The molecule has 0 saturated heterocycles. The molecule has 0 atom stereocenters. The van der Waals surface area contributed by atoms with Crippen LogP contribution < -0.4 is 0 Å². The third-order valence-electron chi connectivity index (χ3n) is 2.09. The van der Waals surface area contributed by atoms with E-state index in [1.54, 1.807) is 12.4 Å². The summed E-state index contributed by atoms with van der Waals surface area (Å²) in [4.78, 5) is 4.23. The van der Waals surface area contributed by atoms with Crippen molar-refractivity contribution in [2.75, 3.05) is 0 Å². The highest BCUT2D eigenvalue weighted by atomic mass is 35.5. The zero-order valence-electron chi connectivity index (χ0n) is 7.66. The smallest absolute Gasteiger partial charge is 0.139 e. The molecule has 0 aliphatic rings. The van der Waals surface area contributed by atoms with E-state index in [-0.39, 0.29) is 0 Å². The van der Waals surface area contributed by atoms with E-state index in [0.29, 0.717) is 11.4 Å². The highest BCUT2D eigenvalue weighted by Gasteiger charge is 2.05. The molecule has 2 aromatic heterocycles. The lowest BCUT2D eigenvalue weighted by atomic mass is 10.3. The second-order valence-electron chi connectivity index (χ2n) is 3.12. The molecule has 0 bridgehead atoms. The Bertz CT molecular complexity index is 522. The maximum Gasteiger partial charge on any atom is 0.139 e. The molecule has 0 saturated carbocycles. The van der Waals surface area contributed by atoms with Gasteiger partial charge in [-0.05, 0) is 18.6 Å². The van der Waals surface area contributed by atoms with Gasteiger partial charge in [-0.1, -0.05) is 11.6 Å². The topological polar surface area (TPSA) is 41.1 Å². The first kappa shape index (κ1) is 9.04. The fourth-order valence-electron chi connectivity index (χ4n) is 1.48. The highest BCUT2D eigenvalue weighted by molar-refractivity contribution is 6.30. The molecule has 0 radical (unpaired) electrons. The molecule has 0 aliphatic heterocycles. The molecule has 0 aliphatic carbocycles. The quantitative estimate of drug-likeness (QED) is 0.717. The van der Waals surface area contributed by atoms with Crippen molar-refractivity contribution in [1.82, 2.24) is 9.38 Å². The first-order valence-corrected chi connectivity index (χ1v) is 4.59. The van der Waals surface area contributed by atoms with Crippen LogP contribution >= 0.6 is 11.6 Å². The minimum atomic E-state index is 0.348. The van der Waals surface area contributed by atoms with Crippen LogP contribution in [0.15, 0.2) is 18.5 Å². The van der Waals surface area contributed by atoms with Crippen molar-refractivity contribution < 1.29 is 0 Å². The molecule has 70 valence electrons. The lowest BCUT2D eigenvalue weighted by Crippen LogP contribution is -1.93. The predicted octanol–water partition coefficient (Wildman–Crippen LogP) is 2.36. The summed E-state index contributed by atoms with van der Waals surface area (Å²) in [6.07, 6.45) is 3.84. The van der Waals surface area contributed by atoms with Gasteiger partial charge in [0.15, 0.2) is 0 Å². The number of nitrogens with zero attached hydrogens (tertiary/aromatic N) is 3. The fraction of sp³-hybridized carbons (Fsp3) is 0.200. The molecule has 3 nitrogen and oxygen atoms in total. The third-order valence-corrected chi connectivity index (χ3v) is 2.30. The average Bonchev–Trinajstić information content (AvgIpc) is 2.49. The molecule has 2 rings (SSSR count). The van der Waals surface area contributed by atoms with Crippen LogP contribution in [0.3, 0.4) is 0 Å². The molecule has 14 heavy (non-hydrogen) atoms. The van der Waals surface area contributed by atoms with Gasteiger partial charge >= 0.3 is 0 Å². The first-order valence-electron chi connectivity index (χ1n) is 4.21. The third kappa shape index (κ3) is 1.34. The Kier molecular flexibility index (Phi) is 2.14. The highest BCUT2D eigenvalue weighted by Crippen LogP contribution is 2.17. The molecule has 4 heteroatoms. The Morgan fingerprint density at radius 3 is 3.14 bits per heavy atom. The van der Waals surface area contributed by atoms with E-state index in [1.165, 1.54) is 0 Å². The van der Waals surface area contributed by atoms with E-state index in [9.17, 15) is 0 Å². The number of halogens is 1. The SMILES string of the molecule is Cc1cc(Cl)cn2c(CC#N)cnc12. The van der Waals surface area contributed by atoms with Gasteiger partial charge in [-0.15, -0.1) is 0 Å². The summed E-state index contributed by atoms with van der Waals surface area (Å²) in [7, 11) is 0. The molecule has 0 aromatic carbocycles. The number of hydrogen-bond donors (Lipinski definition) is 0. The Balaban J connectivity index is 2.73. The van der Waals surface area contributed by atoms with Crippen LogP contribution in [0, 0.1) is 18.3 Å². The first-order chi connectivity index (χ1) is 6.72. The number of fused-ring (bicyclic) bond motifs is 1. The van der Waals surface area contributed by atoms with Gasteiger partial charge in [0, 0.05) is 6.20 Å². The number of hydrogen-bond acceptors (Lipinski definition) is 2. The molecular formula is C10H8ClN3. The van der Waals surface area contributed by atoms with Crippen LogP contribution in [0.5, 0.6) is 0 Å². The number of imidazole rings is 1. The van der Waals surface area contributed by atoms with Gasteiger partial charge in [0.25, 0.3) is 0 Å². The second-order valence-corrected chi connectivity index (χ2v) is 3.56. The van der Waals surface area contributed by atoms with E-state index >= 15 is 0 Å². The summed E-state index contributed by atoms with van der Waals surface area (Å²) in [6, 6.07) is 3.96. The Hall–Kier alpha value is -1.53. The maximum absolute atomic E-state index is 8.61. The summed E-state index contributed by atoms with van der Waals surface area (Å²) in [5, 5.41) is 9.27. The van der Waals surface area contributed by atoms with Crippen LogP contribution in [0.4, 0.5) is 0 Å². The molecule has 0 fully saturated rings. The van der Waals surface area contributed by atoms with Gasteiger partial charge in [0.2, 0.25) is 0 Å². The molecule has 0 amide bonds. The number of pyridine rings is 1. The maximum atomic E-state index is 8.61. The fourth-order valence-corrected chi connectivity index (χ4v) is 1.74. The number of aryl methyl sites for hydroxylation is 1.